The van der Waals surface area contributed by atoms with Gasteiger partial charge >= 0.3 is 0 Å². The number of carbonyl (C=O) groups is 1. The van der Waals surface area contributed by atoms with Crippen molar-refractivity contribution < 1.29 is 26.7 Å². The molecule has 0 spiro atoms. The summed E-state index contributed by atoms with van der Waals surface area (Å²) in [6.45, 7) is 3.82. The lowest BCUT2D eigenvalue weighted by molar-refractivity contribution is -0.139. The molecule has 0 aliphatic carbocycles. The molecule has 0 radical (unpaired) electrons. The quantitative estimate of drug-likeness (QED) is 0.740. The van der Waals surface area contributed by atoms with Crippen molar-refractivity contribution in [1.82, 2.24) is 9.21 Å². The van der Waals surface area contributed by atoms with Crippen LogP contribution in [0.4, 0.5) is 8.78 Å². The highest BCUT2D eigenvalue weighted by Crippen LogP contribution is 2.22. The first-order chi connectivity index (χ1) is 13.7. The predicted octanol–water partition coefficient (Wildman–Crippen LogP) is 2.57. The van der Waals surface area contributed by atoms with Gasteiger partial charge in [-0.2, -0.15) is 4.31 Å². The number of sulfonamides is 1. The second-order valence-electron chi connectivity index (χ2n) is 6.88. The molecule has 1 atom stereocenters. The van der Waals surface area contributed by atoms with E-state index in [1.165, 1.54) is 4.90 Å². The molecule has 0 bridgehead atoms. The Morgan fingerprint density at radius 2 is 1.66 bits per heavy atom. The lowest BCUT2D eigenvalue weighted by Gasteiger charge is -2.35. The van der Waals surface area contributed by atoms with E-state index < -0.39 is 32.7 Å². The van der Waals surface area contributed by atoms with Gasteiger partial charge in [-0.05, 0) is 44.2 Å². The van der Waals surface area contributed by atoms with E-state index in [9.17, 15) is 22.0 Å². The average Bonchev–Trinajstić information content (AvgIpc) is 2.71. The zero-order chi connectivity index (χ0) is 21.2. The highest BCUT2D eigenvalue weighted by atomic mass is 32.2. The van der Waals surface area contributed by atoms with Crippen molar-refractivity contribution >= 4 is 15.9 Å². The van der Waals surface area contributed by atoms with E-state index in [1.807, 2.05) is 19.1 Å². The SMILES string of the molecule is Cc1ccc(O[C@H](C)C(=O)N2CCN(S(=O)(=O)c3cc(F)ccc3F)CC2)cc1. The van der Waals surface area contributed by atoms with E-state index in [2.05, 4.69) is 0 Å². The van der Waals surface area contributed by atoms with Crippen LogP contribution in [0.1, 0.15) is 12.5 Å². The molecule has 1 saturated heterocycles. The van der Waals surface area contributed by atoms with Gasteiger partial charge in [0.05, 0.1) is 0 Å². The third-order valence-electron chi connectivity index (χ3n) is 4.74. The minimum Gasteiger partial charge on any atom is -0.481 e. The summed E-state index contributed by atoms with van der Waals surface area (Å²) in [5.74, 6) is -1.54. The molecule has 2 aromatic carbocycles. The lowest BCUT2D eigenvalue weighted by atomic mass is 10.2. The van der Waals surface area contributed by atoms with E-state index in [0.29, 0.717) is 11.8 Å². The number of amides is 1. The molecular weight excluding hydrogens is 402 g/mol. The number of halogens is 2. The van der Waals surface area contributed by atoms with Gasteiger partial charge in [-0.15, -0.1) is 0 Å². The summed E-state index contributed by atoms with van der Waals surface area (Å²) < 4.78 is 59.3. The maximum atomic E-state index is 13.9. The number of nitrogens with zero attached hydrogens (tertiary/aromatic N) is 2. The number of carbonyl (C=O) groups excluding carboxylic acids is 1. The molecule has 1 heterocycles. The fourth-order valence-corrected chi connectivity index (χ4v) is 4.59. The second kappa shape index (κ2) is 8.46. The summed E-state index contributed by atoms with van der Waals surface area (Å²) in [5, 5.41) is 0. The van der Waals surface area contributed by atoms with Crippen LogP contribution in [-0.4, -0.2) is 55.8 Å². The Labute approximate surface area is 168 Å². The number of ether oxygens (including phenoxy) is 1. The second-order valence-corrected chi connectivity index (χ2v) is 8.78. The number of hydrogen-bond donors (Lipinski definition) is 0. The van der Waals surface area contributed by atoms with Crippen molar-refractivity contribution in [3.05, 3.63) is 59.7 Å². The van der Waals surface area contributed by atoms with Crippen LogP contribution in [0.25, 0.3) is 0 Å². The van der Waals surface area contributed by atoms with Crippen molar-refractivity contribution in [2.45, 2.75) is 24.8 Å². The number of hydrogen-bond acceptors (Lipinski definition) is 4. The molecule has 0 aromatic heterocycles. The molecule has 0 saturated carbocycles. The number of piperazine rings is 1. The molecule has 1 amide bonds. The first-order valence-electron chi connectivity index (χ1n) is 9.16. The van der Waals surface area contributed by atoms with Gasteiger partial charge in [-0.1, -0.05) is 17.7 Å². The Morgan fingerprint density at radius 3 is 2.28 bits per heavy atom. The van der Waals surface area contributed by atoms with Gasteiger partial charge in [0, 0.05) is 26.2 Å². The summed E-state index contributed by atoms with van der Waals surface area (Å²) in [7, 11) is -4.19. The topological polar surface area (TPSA) is 66.9 Å². The predicted molar refractivity (Wildman–Crippen MR) is 103 cm³/mol. The number of benzene rings is 2. The fourth-order valence-electron chi connectivity index (χ4n) is 3.09. The van der Waals surface area contributed by atoms with Gasteiger partial charge in [0.2, 0.25) is 10.0 Å². The van der Waals surface area contributed by atoms with E-state index in [1.54, 1.807) is 19.1 Å². The van der Waals surface area contributed by atoms with Gasteiger partial charge in [-0.25, -0.2) is 17.2 Å². The first kappa shape index (κ1) is 21.2. The van der Waals surface area contributed by atoms with Crippen LogP contribution < -0.4 is 4.74 Å². The number of aryl methyl sites for hydroxylation is 1. The van der Waals surface area contributed by atoms with Crippen LogP contribution in [0.2, 0.25) is 0 Å². The van der Waals surface area contributed by atoms with E-state index in [0.717, 1.165) is 22.0 Å². The van der Waals surface area contributed by atoms with Gasteiger partial charge in [0.25, 0.3) is 5.91 Å². The van der Waals surface area contributed by atoms with Gasteiger partial charge in [-0.3, -0.25) is 4.79 Å². The first-order valence-corrected chi connectivity index (χ1v) is 10.6. The normalized spacial score (nSPS) is 16.5. The monoisotopic (exact) mass is 424 g/mol. The Bertz CT molecular complexity index is 988. The summed E-state index contributed by atoms with van der Waals surface area (Å²) in [6, 6.07) is 9.61. The highest BCUT2D eigenvalue weighted by molar-refractivity contribution is 7.89. The Hall–Kier alpha value is -2.52. The summed E-state index contributed by atoms with van der Waals surface area (Å²) in [5.41, 5.74) is 1.07. The van der Waals surface area contributed by atoms with Gasteiger partial charge in [0.1, 0.15) is 22.3 Å². The summed E-state index contributed by atoms with van der Waals surface area (Å²) in [4.78, 5) is 13.4. The smallest absolute Gasteiger partial charge is 0.263 e. The minimum absolute atomic E-state index is 0.0126. The summed E-state index contributed by atoms with van der Waals surface area (Å²) >= 11 is 0. The Kier molecular flexibility index (Phi) is 6.18. The minimum atomic E-state index is -4.19. The molecular formula is C20H22F2N2O4S. The maximum absolute atomic E-state index is 13.9. The van der Waals surface area contributed by atoms with Crippen LogP contribution in [0.3, 0.4) is 0 Å². The zero-order valence-electron chi connectivity index (χ0n) is 16.1. The van der Waals surface area contributed by atoms with Crippen molar-refractivity contribution in [2.24, 2.45) is 0 Å². The van der Waals surface area contributed by atoms with Crippen molar-refractivity contribution in [1.29, 1.82) is 0 Å². The van der Waals surface area contributed by atoms with Crippen molar-refractivity contribution in [3.8, 4) is 5.75 Å². The Balaban J connectivity index is 1.62. The third-order valence-corrected chi connectivity index (χ3v) is 6.66. The van der Waals surface area contributed by atoms with Crippen LogP contribution in [0.15, 0.2) is 47.4 Å². The highest BCUT2D eigenvalue weighted by Gasteiger charge is 2.33. The third kappa shape index (κ3) is 4.73. The molecule has 1 fully saturated rings. The largest absolute Gasteiger partial charge is 0.481 e. The molecule has 29 heavy (non-hydrogen) atoms. The average molecular weight is 424 g/mol. The molecule has 0 unspecified atom stereocenters. The van der Waals surface area contributed by atoms with Crippen LogP contribution in [0.5, 0.6) is 5.75 Å². The molecule has 0 N–H and O–H groups in total. The molecule has 156 valence electrons. The summed E-state index contributed by atoms with van der Waals surface area (Å²) in [6.07, 6.45) is -0.735. The number of rotatable bonds is 5. The van der Waals surface area contributed by atoms with Crippen LogP contribution in [0, 0.1) is 18.6 Å². The van der Waals surface area contributed by atoms with Crippen molar-refractivity contribution in [3.63, 3.8) is 0 Å². The maximum Gasteiger partial charge on any atom is 0.263 e. The van der Waals surface area contributed by atoms with Crippen LogP contribution in [-0.2, 0) is 14.8 Å². The van der Waals surface area contributed by atoms with Crippen molar-refractivity contribution in [2.75, 3.05) is 26.2 Å². The zero-order valence-corrected chi connectivity index (χ0v) is 17.0. The van der Waals surface area contributed by atoms with E-state index in [4.69, 9.17) is 4.74 Å². The van der Waals surface area contributed by atoms with Gasteiger partial charge in [0.15, 0.2) is 6.10 Å². The molecule has 9 heteroatoms. The fraction of sp³-hybridized carbons (Fsp3) is 0.350. The molecule has 1 aliphatic heterocycles. The Morgan fingerprint density at radius 1 is 1.03 bits per heavy atom. The standard InChI is InChI=1S/C20H22F2N2O4S/c1-14-3-6-17(7-4-14)28-15(2)20(25)23-9-11-24(12-10-23)29(26,27)19-13-16(21)5-8-18(19)22/h3-8,13,15H,9-12H2,1-2H3/t15-/m1/s1. The van der Waals surface area contributed by atoms with Gasteiger partial charge < -0.3 is 9.64 Å². The molecule has 1 aliphatic rings. The van der Waals surface area contributed by atoms with E-state index in [-0.39, 0.29) is 32.1 Å². The van der Waals surface area contributed by atoms with E-state index >= 15 is 0 Å². The molecule has 2 aromatic rings. The molecule has 6 nitrogen and oxygen atoms in total. The van der Waals surface area contributed by atoms with Crippen LogP contribution >= 0.6 is 0 Å². The molecule has 3 rings (SSSR count). The lowest BCUT2D eigenvalue weighted by Crippen LogP contribution is -2.53.